The highest BCUT2D eigenvalue weighted by Gasteiger charge is 2.40. The SMILES string of the molecule is N#Cc1coc2c(Cl)cc(NC(=O)C3CC(F)CN3C(=O)Cn3nc(C(N)=O)c4cc(-c5ccnnc5)ccc43)cc12. The Morgan fingerprint density at radius 3 is 2.74 bits per heavy atom. The molecule has 2 unspecified atom stereocenters. The number of amides is 3. The number of rotatable bonds is 6. The average Bonchev–Trinajstić information content (AvgIpc) is 3.68. The lowest BCUT2D eigenvalue weighted by Crippen LogP contribution is -2.44. The molecule has 0 radical (unpaired) electrons. The largest absolute Gasteiger partial charge is 0.461 e. The van der Waals surface area contributed by atoms with E-state index in [2.05, 4.69) is 20.6 Å². The van der Waals surface area contributed by atoms with Gasteiger partial charge in [-0.15, -0.1) is 0 Å². The van der Waals surface area contributed by atoms with Crippen LogP contribution in [0.2, 0.25) is 5.02 Å². The third kappa shape index (κ3) is 4.77. The fourth-order valence-corrected chi connectivity index (χ4v) is 5.39. The Kier molecular flexibility index (Phi) is 6.75. The number of carbonyl (C=O) groups is 3. The van der Waals surface area contributed by atoms with Crippen molar-refractivity contribution in [3.05, 3.63) is 71.3 Å². The number of furan rings is 1. The van der Waals surface area contributed by atoms with E-state index in [1.54, 1.807) is 30.5 Å². The van der Waals surface area contributed by atoms with Gasteiger partial charge in [0.25, 0.3) is 5.91 Å². The molecule has 2 aromatic carbocycles. The summed E-state index contributed by atoms with van der Waals surface area (Å²) in [5.74, 6) is -1.99. The predicted octanol–water partition coefficient (Wildman–Crippen LogP) is 3.44. The standard InChI is InChI=1S/C28H20ClFN8O4/c29-21-8-18(7-19-16(9-31)13-42-26(19)21)35-28(41)23-6-17(30)11-37(23)24(39)12-38-22-2-1-14(15-3-4-33-34-10-15)5-20(22)25(36-38)27(32)40/h1-5,7-8,10,13,17,23H,6,11-12H2,(H2,32,40)(H,35,41). The van der Waals surface area contributed by atoms with Gasteiger partial charge < -0.3 is 20.4 Å². The Labute approximate surface area is 241 Å². The van der Waals surface area contributed by atoms with Crippen LogP contribution in [0.3, 0.4) is 0 Å². The molecule has 1 aliphatic heterocycles. The second-order valence-electron chi connectivity index (χ2n) is 9.71. The molecule has 0 spiro atoms. The first-order valence-corrected chi connectivity index (χ1v) is 13.0. The molecule has 1 saturated heterocycles. The lowest BCUT2D eigenvalue weighted by atomic mass is 10.0. The monoisotopic (exact) mass is 586 g/mol. The molecule has 3 aromatic heterocycles. The number of halogens is 2. The Morgan fingerprint density at radius 2 is 2.00 bits per heavy atom. The number of benzene rings is 2. The molecule has 0 aliphatic carbocycles. The van der Waals surface area contributed by atoms with E-state index in [-0.39, 0.29) is 41.5 Å². The summed E-state index contributed by atoms with van der Waals surface area (Å²) in [6.45, 7) is -0.660. The van der Waals surface area contributed by atoms with Crippen molar-refractivity contribution >= 4 is 56.9 Å². The molecule has 3 N–H and O–H groups in total. The molecule has 2 atom stereocenters. The minimum Gasteiger partial charge on any atom is -0.461 e. The van der Waals surface area contributed by atoms with Crippen LogP contribution in [0.15, 0.2) is 59.5 Å². The summed E-state index contributed by atoms with van der Waals surface area (Å²) >= 11 is 6.26. The number of likely N-dealkylation sites (tertiary alicyclic amines) is 1. The zero-order valence-corrected chi connectivity index (χ0v) is 22.4. The molecule has 6 rings (SSSR count). The first-order valence-electron chi connectivity index (χ1n) is 12.7. The smallest absolute Gasteiger partial charge is 0.269 e. The molecule has 4 heterocycles. The van der Waals surface area contributed by atoms with Crippen molar-refractivity contribution in [2.75, 3.05) is 11.9 Å². The Hall–Kier alpha value is -5.35. The summed E-state index contributed by atoms with van der Waals surface area (Å²) in [5.41, 5.74) is 8.26. The number of fused-ring (bicyclic) bond motifs is 2. The zero-order chi connectivity index (χ0) is 29.5. The van der Waals surface area contributed by atoms with Gasteiger partial charge in [0.05, 0.1) is 35.0 Å². The van der Waals surface area contributed by atoms with Crippen LogP contribution in [0.1, 0.15) is 22.5 Å². The van der Waals surface area contributed by atoms with Gasteiger partial charge in [-0.3, -0.25) is 19.1 Å². The number of hydrogen-bond donors (Lipinski definition) is 2. The maximum Gasteiger partial charge on any atom is 0.269 e. The maximum absolute atomic E-state index is 14.6. The second-order valence-corrected chi connectivity index (χ2v) is 10.1. The van der Waals surface area contributed by atoms with Crippen LogP contribution in [0.4, 0.5) is 10.1 Å². The van der Waals surface area contributed by atoms with Crippen molar-refractivity contribution in [3.63, 3.8) is 0 Å². The highest BCUT2D eigenvalue weighted by Crippen LogP contribution is 2.32. The van der Waals surface area contributed by atoms with Crippen molar-refractivity contribution in [1.82, 2.24) is 24.9 Å². The number of alkyl halides is 1. The molecule has 3 amide bonds. The summed E-state index contributed by atoms with van der Waals surface area (Å²) in [7, 11) is 0. The number of primary amides is 1. The quantitative estimate of drug-likeness (QED) is 0.304. The van der Waals surface area contributed by atoms with Crippen LogP contribution in [-0.2, 0) is 16.1 Å². The van der Waals surface area contributed by atoms with Crippen LogP contribution >= 0.6 is 11.6 Å². The average molecular weight is 587 g/mol. The van der Waals surface area contributed by atoms with E-state index in [0.29, 0.717) is 21.9 Å². The van der Waals surface area contributed by atoms with Gasteiger partial charge >= 0.3 is 0 Å². The predicted molar refractivity (Wildman–Crippen MR) is 149 cm³/mol. The third-order valence-electron chi connectivity index (χ3n) is 7.08. The molecule has 5 aromatic rings. The first kappa shape index (κ1) is 26.9. The van der Waals surface area contributed by atoms with Gasteiger partial charge in [0, 0.05) is 28.4 Å². The van der Waals surface area contributed by atoms with E-state index in [0.717, 1.165) is 16.0 Å². The van der Waals surface area contributed by atoms with Gasteiger partial charge in [-0.25, -0.2) is 4.39 Å². The molecule has 0 bridgehead atoms. The Morgan fingerprint density at radius 1 is 1.17 bits per heavy atom. The van der Waals surface area contributed by atoms with E-state index in [1.807, 2.05) is 6.07 Å². The van der Waals surface area contributed by atoms with Gasteiger partial charge in [0.1, 0.15) is 31.1 Å². The van der Waals surface area contributed by atoms with Crippen LogP contribution in [0.5, 0.6) is 0 Å². The molecular weight excluding hydrogens is 567 g/mol. The summed E-state index contributed by atoms with van der Waals surface area (Å²) < 4.78 is 21.2. The molecule has 1 aliphatic rings. The van der Waals surface area contributed by atoms with Gasteiger partial charge in [-0.05, 0) is 35.9 Å². The van der Waals surface area contributed by atoms with E-state index in [9.17, 15) is 24.0 Å². The summed E-state index contributed by atoms with van der Waals surface area (Å²) in [6.07, 6.45) is 2.72. The topological polar surface area (TPSA) is 173 Å². The first-order chi connectivity index (χ1) is 20.2. The van der Waals surface area contributed by atoms with Crippen LogP contribution in [0, 0.1) is 11.3 Å². The summed E-state index contributed by atoms with van der Waals surface area (Å²) in [6, 6.07) is 10.8. The number of nitriles is 1. The zero-order valence-electron chi connectivity index (χ0n) is 21.6. The minimum absolute atomic E-state index is 0.0380. The number of nitrogens with zero attached hydrogens (tertiary/aromatic N) is 6. The van der Waals surface area contributed by atoms with Crippen LogP contribution in [-0.4, -0.2) is 61.4 Å². The van der Waals surface area contributed by atoms with E-state index >= 15 is 0 Å². The van der Waals surface area contributed by atoms with Crippen molar-refractivity contribution in [3.8, 4) is 17.2 Å². The molecule has 210 valence electrons. The van der Waals surface area contributed by atoms with Crippen molar-refractivity contribution < 1.29 is 23.2 Å². The van der Waals surface area contributed by atoms with Crippen molar-refractivity contribution in [2.45, 2.75) is 25.2 Å². The van der Waals surface area contributed by atoms with Crippen molar-refractivity contribution in [2.24, 2.45) is 5.73 Å². The minimum atomic E-state index is -1.43. The molecule has 12 nitrogen and oxygen atoms in total. The second kappa shape index (κ2) is 10.6. The lowest BCUT2D eigenvalue weighted by molar-refractivity contribution is -0.137. The Bertz CT molecular complexity index is 1930. The Balaban J connectivity index is 1.26. The fourth-order valence-electron chi connectivity index (χ4n) is 5.13. The number of anilines is 1. The molecule has 1 fully saturated rings. The number of hydrogen-bond acceptors (Lipinski definition) is 8. The third-order valence-corrected chi connectivity index (χ3v) is 7.36. The molecule has 0 saturated carbocycles. The molecular formula is C28H20ClFN8O4. The summed E-state index contributed by atoms with van der Waals surface area (Å²) in [4.78, 5) is 40.0. The van der Waals surface area contributed by atoms with Gasteiger partial charge in [0.15, 0.2) is 11.3 Å². The van der Waals surface area contributed by atoms with Gasteiger partial charge in [-0.2, -0.15) is 20.6 Å². The van der Waals surface area contributed by atoms with Crippen molar-refractivity contribution in [1.29, 1.82) is 5.26 Å². The number of aromatic nitrogens is 4. The van der Waals surface area contributed by atoms with Crippen LogP contribution in [0.25, 0.3) is 33.0 Å². The van der Waals surface area contributed by atoms with E-state index < -0.39 is 29.9 Å². The van der Waals surface area contributed by atoms with E-state index in [4.69, 9.17) is 21.8 Å². The highest BCUT2D eigenvalue weighted by molar-refractivity contribution is 6.35. The normalized spacial score (nSPS) is 16.5. The maximum atomic E-state index is 14.6. The van der Waals surface area contributed by atoms with Crippen LogP contribution < -0.4 is 11.1 Å². The summed E-state index contributed by atoms with van der Waals surface area (Å²) in [5, 5.41) is 24.9. The van der Waals surface area contributed by atoms with E-state index in [1.165, 1.54) is 29.3 Å². The number of nitrogens with one attached hydrogen (secondary N) is 1. The lowest BCUT2D eigenvalue weighted by Gasteiger charge is -2.24. The number of carbonyl (C=O) groups excluding carboxylic acids is 3. The fraction of sp³-hybridized carbons (Fsp3) is 0.179. The highest BCUT2D eigenvalue weighted by atomic mass is 35.5. The molecule has 42 heavy (non-hydrogen) atoms. The van der Waals surface area contributed by atoms with Gasteiger partial charge in [-0.1, -0.05) is 17.7 Å². The number of nitrogens with two attached hydrogens (primary N) is 1. The molecule has 14 heteroatoms. The van der Waals surface area contributed by atoms with Gasteiger partial charge in [0.2, 0.25) is 11.8 Å².